The van der Waals surface area contributed by atoms with E-state index in [0.29, 0.717) is 19.6 Å². The van der Waals surface area contributed by atoms with Gasteiger partial charge in [-0.1, -0.05) is 25.8 Å². The van der Waals surface area contributed by atoms with Crippen LogP contribution < -0.4 is 9.47 Å². The Balaban J connectivity index is 1.98. The lowest BCUT2D eigenvalue weighted by Crippen LogP contribution is -2.28. The molecule has 1 aromatic carbocycles. The molecule has 0 aromatic heterocycles. The Kier molecular flexibility index (Phi) is 7.10. The first-order valence-electron chi connectivity index (χ1n) is 8.85. The molecule has 138 valence electrons. The highest BCUT2D eigenvalue weighted by molar-refractivity contribution is 5.86. The van der Waals surface area contributed by atoms with Crippen molar-refractivity contribution in [1.82, 2.24) is 4.90 Å². The van der Waals surface area contributed by atoms with E-state index in [1.807, 2.05) is 18.2 Å². The normalized spacial score (nSPS) is 17.0. The number of hydrogen-bond acceptors (Lipinski definition) is 4. The zero-order valence-corrected chi connectivity index (χ0v) is 15.0. The fourth-order valence-corrected chi connectivity index (χ4v) is 2.95. The number of methoxy groups -OCH3 is 1. The van der Waals surface area contributed by atoms with Crippen molar-refractivity contribution < 1.29 is 24.2 Å². The Morgan fingerprint density at radius 3 is 2.80 bits per heavy atom. The topological polar surface area (TPSA) is 76.1 Å². The number of carboxylic acids is 1. The quantitative estimate of drug-likeness (QED) is 0.657. The van der Waals surface area contributed by atoms with Crippen molar-refractivity contribution in [3.8, 4) is 11.5 Å². The number of unbranched alkanes of at least 4 members (excludes halogenated alkanes) is 2. The zero-order valence-electron chi connectivity index (χ0n) is 15.0. The van der Waals surface area contributed by atoms with E-state index < -0.39 is 11.9 Å². The molecule has 1 amide bonds. The molecule has 1 atom stereocenters. The minimum Gasteiger partial charge on any atom is -0.497 e. The summed E-state index contributed by atoms with van der Waals surface area (Å²) in [5.74, 6) is -0.0750. The third kappa shape index (κ3) is 5.37. The number of hydrogen-bond donors (Lipinski definition) is 1. The highest BCUT2D eigenvalue weighted by Gasteiger charge is 2.33. The minimum atomic E-state index is -0.903. The Morgan fingerprint density at radius 2 is 2.16 bits per heavy atom. The molecule has 0 radical (unpaired) electrons. The van der Waals surface area contributed by atoms with E-state index in [1.54, 1.807) is 12.0 Å². The van der Waals surface area contributed by atoms with Crippen LogP contribution in [0.3, 0.4) is 0 Å². The van der Waals surface area contributed by atoms with Gasteiger partial charge in [0.05, 0.1) is 19.6 Å². The van der Waals surface area contributed by atoms with Gasteiger partial charge in [0.25, 0.3) is 0 Å². The van der Waals surface area contributed by atoms with Crippen molar-refractivity contribution in [2.45, 2.75) is 39.0 Å². The van der Waals surface area contributed by atoms with Crippen LogP contribution >= 0.6 is 0 Å². The third-order valence-corrected chi connectivity index (χ3v) is 4.49. The number of nitrogens with zero attached hydrogens (tertiary/aromatic N) is 1. The maximum Gasteiger partial charge on any atom is 0.308 e. The summed E-state index contributed by atoms with van der Waals surface area (Å²) < 4.78 is 11.2. The Labute approximate surface area is 148 Å². The number of carboxylic acid groups (broad SMARTS) is 1. The lowest BCUT2D eigenvalue weighted by Gasteiger charge is -2.18. The third-order valence-electron chi connectivity index (χ3n) is 4.49. The highest BCUT2D eigenvalue weighted by atomic mass is 16.5. The number of ether oxygens (including phenoxy) is 2. The summed E-state index contributed by atoms with van der Waals surface area (Å²) in [7, 11) is 1.62. The van der Waals surface area contributed by atoms with E-state index >= 15 is 0 Å². The van der Waals surface area contributed by atoms with Crippen LogP contribution in [0.15, 0.2) is 18.2 Å². The van der Waals surface area contributed by atoms with Gasteiger partial charge in [-0.05, 0) is 24.5 Å². The van der Waals surface area contributed by atoms with Crippen molar-refractivity contribution in [2.24, 2.45) is 5.92 Å². The predicted octanol–water partition coefficient (Wildman–Crippen LogP) is 2.74. The molecule has 2 rings (SSSR count). The number of carbonyl (C=O) groups is 2. The fraction of sp³-hybridized carbons (Fsp3) is 0.579. The smallest absolute Gasteiger partial charge is 0.308 e. The van der Waals surface area contributed by atoms with Crippen LogP contribution in [0.5, 0.6) is 11.5 Å². The van der Waals surface area contributed by atoms with Gasteiger partial charge in [0, 0.05) is 25.6 Å². The maximum atomic E-state index is 12.0. The van der Waals surface area contributed by atoms with Gasteiger partial charge in [-0.25, -0.2) is 0 Å². The number of amides is 1. The zero-order chi connectivity index (χ0) is 18.2. The van der Waals surface area contributed by atoms with Crippen LogP contribution in [0.4, 0.5) is 0 Å². The summed E-state index contributed by atoms with van der Waals surface area (Å²) in [6.45, 7) is 3.59. The van der Waals surface area contributed by atoms with Gasteiger partial charge in [0.2, 0.25) is 5.91 Å². The summed E-state index contributed by atoms with van der Waals surface area (Å²) in [6.07, 6.45) is 3.98. The van der Waals surface area contributed by atoms with Gasteiger partial charge in [0.1, 0.15) is 11.5 Å². The molecule has 0 bridgehead atoms. The Morgan fingerprint density at radius 1 is 1.36 bits per heavy atom. The first kappa shape index (κ1) is 19.1. The standard InChI is InChI=1S/C19H27NO5/c1-3-4-5-10-25-17-12-16(24-2)7-6-14(17)8-9-20-13-15(19(22)23)11-18(20)21/h6-7,12,15H,3-5,8-11,13H2,1-2H3,(H,22,23). The van der Waals surface area contributed by atoms with Gasteiger partial charge in [0.15, 0.2) is 0 Å². The van der Waals surface area contributed by atoms with Gasteiger partial charge < -0.3 is 19.5 Å². The summed E-state index contributed by atoms with van der Waals surface area (Å²) in [4.78, 5) is 24.6. The summed E-state index contributed by atoms with van der Waals surface area (Å²) in [6, 6.07) is 5.69. The van der Waals surface area contributed by atoms with E-state index in [0.717, 1.165) is 36.3 Å². The second-order valence-corrected chi connectivity index (χ2v) is 6.36. The molecule has 25 heavy (non-hydrogen) atoms. The van der Waals surface area contributed by atoms with Crippen LogP contribution in [-0.4, -0.2) is 48.7 Å². The van der Waals surface area contributed by atoms with E-state index in [9.17, 15) is 9.59 Å². The van der Waals surface area contributed by atoms with E-state index in [-0.39, 0.29) is 18.9 Å². The monoisotopic (exact) mass is 349 g/mol. The molecule has 0 saturated carbocycles. The summed E-state index contributed by atoms with van der Waals surface area (Å²) >= 11 is 0. The van der Waals surface area contributed by atoms with Crippen molar-refractivity contribution in [3.05, 3.63) is 23.8 Å². The van der Waals surface area contributed by atoms with Crippen LogP contribution in [0.2, 0.25) is 0 Å². The van der Waals surface area contributed by atoms with E-state index in [1.165, 1.54) is 0 Å². The average molecular weight is 349 g/mol. The number of likely N-dealkylation sites (tertiary alicyclic amines) is 1. The average Bonchev–Trinajstić information content (AvgIpc) is 2.98. The van der Waals surface area contributed by atoms with Crippen LogP contribution in [0.25, 0.3) is 0 Å². The largest absolute Gasteiger partial charge is 0.497 e. The molecule has 0 spiro atoms. The molecule has 0 aliphatic carbocycles. The minimum absolute atomic E-state index is 0.0914. The SMILES string of the molecule is CCCCCOc1cc(OC)ccc1CCN1CC(C(=O)O)CC1=O. The van der Waals surface area contributed by atoms with Gasteiger partial charge in [-0.2, -0.15) is 0 Å². The molecular formula is C19H27NO5. The second kappa shape index (κ2) is 9.30. The molecule has 1 unspecified atom stereocenters. The lowest BCUT2D eigenvalue weighted by atomic mass is 10.1. The highest BCUT2D eigenvalue weighted by Crippen LogP contribution is 2.27. The molecule has 6 nitrogen and oxygen atoms in total. The summed E-state index contributed by atoms with van der Waals surface area (Å²) in [5, 5.41) is 9.06. The van der Waals surface area contributed by atoms with Crippen molar-refractivity contribution in [3.63, 3.8) is 0 Å². The fourth-order valence-electron chi connectivity index (χ4n) is 2.95. The lowest BCUT2D eigenvalue weighted by molar-refractivity contribution is -0.141. The first-order chi connectivity index (χ1) is 12.0. The van der Waals surface area contributed by atoms with Crippen molar-refractivity contribution in [2.75, 3.05) is 26.8 Å². The number of rotatable bonds is 10. The molecular weight excluding hydrogens is 322 g/mol. The van der Waals surface area contributed by atoms with Gasteiger partial charge in [-0.15, -0.1) is 0 Å². The number of aliphatic carboxylic acids is 1. The van der Waals surface area contributed by atoms with Gasteiger partial charge >= 0.3 is 5.97 Å². The van der Waals surface area contributed by atoms with Crippen LogP contribution in [0.1, 0.15) is 38.2 Å². The van der Waals surface area contributed by atoms with E-state index in [2.05, 4.69) is 6.92 Å². The van der Waals surface area contributed by atoms with E-state index in [4.69, 9.17) is 14.6 Å². The molecule has 1 aliphatic rings. The molecule has 1 saturated heterocycles. The first-order valence-corrected chi connectivity index (χ1v) is 8.85. The Bertz CT molecular complexity index is 601. The maximum absolute atomic E-state index is 12.0. The molecule has 1 heterocycles. The molecule has 6 heteroatoms. The summed E-state index contributed by atoms with van der Waals surface area (Å²) in [5.41, 5.74) is 1.00. The Hall–Kier alpha value is -2.24. The number of carbonyl (C=O) groups excluding carboxylic acids is 1. The number of benzene rings is 1. The van der Waals surface area contributed by atoms with Crippen LogP contribution in [0, 0.1) is 5.92 Å². The van der Waals surface area contributed by atoms with Gasteiger partial charge in [-0.3, -0.25) is 9.59 Å². The van der Waals surface area contributed by atoms with Crippen molar-refractivity contribution >= 4 is 11.9 Å². The molecule has 1 N–H and O–H groups in total. The molecule has 1 aromatic rings. The molecule has 1 aliphatic heterocycles. The molecule has 1 fully saturated rings. The second-order valence-electron chi connectivity index (χ2n) is 6.36. The van der Waals surface area contributed by atoms with Crippen LogP contribution in [-0.2, 0) is 16.0 Å². The predicted molar refractivity (Wildman–Crippen MR) is 94.0 cm³/mol. The van der Waals surface area contributed by atoms with Crippen molar-refractivity contribution in [1.29, 1.82) is 0 Å².